The minimum atomic E-state index is -2.55. The summed E-state index contributed by atoms with van der Waals surface area (Å²) in [5.41, 5.74) is 6.37. The van der Waals surface area contributed by atoms with E-state index >= 15 is 0 Å². The molecule has 0 bridgehead atoms. The first-order valence-corrected chi connectivity index (χ1v) is 17.4. The van der Waals surface area contributed by atoms with E-state index in [-0.39, 0.29) is 5.41 Å². The molecule has 203 valence electrons. The monoisotopic (exact) mass is 573 g/mol. The van der Waals surface area contributed by atoms with E-state index in [0.29, 0.717) is 0 Å². The van der Waals surface area contributed by atoms with Crippen LogP contribution >= 0.6 is 11.8 Å². The van der Waals surface area contributed by atoms with E-state index in [1.165, 1.54) is 58.7 Å². The average Bonchev–Trinajstić information content (AvgIpc) is 3.04. The zero-order valence-corrected chi connectivity index (χ0v) is 25.6. The van der Waals surface area contributed by atoms with Crippen molar-refractivity contribution in [1.29, 1.82) is 0 Å². The molecular weight excluding hydrogens is 543 g/mol. The van der Waals surface area contributed by atoms with Gasteiger partial charge in [0, 0.05) is 11.1 Å². The van der Waals surface area contributed by atoms with Crippen LogP contribution in [0.3, 0.4) is 0 Å². The quantitative estimate of drug-likeness (QED) is 0.200. The molecule has 3 heteroatoms. The zero-order valence-electron chi connectivity index (χ0n) is 23.8. The second kappa shape index (κ2) is 9.62. The molecule has 0 spiro atoms. The van der Waals surface area contributed by atoms with Crippen molar-refractivity contribution in [2.45, 2.75) is 29.1 Å². The number of hydrogen-bond acceptors (Lipinski definition) is 2. The highest BCUT2D eigenvalue weighted by molar-refractivity contribution is 8.00. The van der Waals surface area contributed by atoms with Gasteiger partial charge in [0.2, 0.25) is 0 Å². The Balaban J connectivity index is 1.41. The van der Waals surface area contributed by atoms with Crippen LogP contribution in [-0.4, -0.2) is 8.07 Å². The van der Waals surface area contributed by atoms with Crippen molar-refractivity contribution in [3.63, 3.8) is 0 Å². The van der Waals surface area contributed by atoms with Gasteiger partial charge < -0.3 is 4.90 Å². The highest BCUT2D eigenvalue weighted by atomic mass is 32.2. The molecule has 0 saturated carbocycles. The van der Waals surface area contributed by atoms with E-state index < -0.39 is 8.07 Å². The van der Waals surface area contributed by atoms with Crippen molar-refractivity contribution < 1.29 is 0 Å². The summed E-state index contributed by atoms with van der Waals surface area (Å²) in [5, 5.41) is 5.79. The number of anilines is 3. The van der Waals surface area contributed by atoms with Gasteiger partial charge in [-0.1, -0.05) is 153 Å². The Morgan fingerprint density at radius 3 is 1.62 bits per heavy atom. The predicted molar refractivity (Wildman–Crippen MR) is 181 cm³/mol. The third-order valence-electron chi connectivity index (χ3n) is 9.19. The average molecular weight is 574 g/mol. The van der Waals surface area contributed by atoms with Crippen LogP contribution in [0.1, 0.15) is 25.0 Å². The van der Waals surface area contributed by atoms with Crippen molar-refractivity contribution in [2.75, 3.05) is 4.90 Å². The maximum Gasteiger partial charge on any atom is 0.0502 e. The summed E-state index contributed by atoms with van der Waals surface area (Å²) in [6.07, 6.45) is 0. The number of benzene rings is 6. The summed E-state index contributed by atoms with van der Waals surface area (Å²) < 4.78 is 0. The normalized spacial score (nSPS) is 15.6. The largest absolute Gasteiger partial charge is 0.310 e. The standard InChI is InChI=1S/C39H31NSSi/c1-39(2)31-19-9-11-21-33(31)40(34-22-12-10-20-32(34)39)28-25-26-38-36(27-28)41-35-23-13-14-24-37(35)42(38,29-15-5-3-6-16-29)30-17-7-4-8-18-30/h3-27H,1-2H3/q-1. The molecule has 0 aromatic heterocycles. The zero-order chi connectivity index (χ0) is 28.3. The second-order valence-electron chi connectivity index (χ2n) is 11.8. The minimum absolute atomic E-state index is 0.0751. The molecule has 8 rings (SSSR count). The van der Waals surface area contributed by atoms with Gasteiger partial charge in [0.1, 0.15) is 0 Å². The fourth-order valence-corrected chi connectivity index (χ4v) is 14.3. The molecule has 0 unspecified atom stereocenters. The molecule has 0 radical (unpaired) electrons. The fourth-order valence-electron chi connectivity index (χ4n) is 7.29. The first-order valence-electron chi connectivity index (χ1n) is 14.6. The first-order chi connectivity index (χ1) is 20.6. The minimum Gasteiger partial charge on any atom is -0.310 e. The Kier molecular flexibility index (Phi) is 5.82. The first kappa shape index (κ1) is 25.4. The van der Waals surface area contributed by atoms with Gasteiger partial charge >= 0.3 is 0 Å². The van der Waals surface area contributed by atoms with Crippen LogP contribution in [-0.2, 0) is 5.41 Å². The van der Waals surface area contributed by atoms with Crippen LogP contribution in [0.25, 0.3) is 0 Å². The molecule has 42 heavy (non-hydrogen) atoms. The Hall–Kier alpha value is -4.31. The highest BCUT2D eigenvalue weighted by Crippen LogP contribution is 2.52. The van der Waals surface area contributed by atoms with Crippen molar-refractivity contribution >= 4 is 57.6 Å². The second-order valence-corrected chi connectivity index (χ2v) is 16.6. The molecule has 0 amide bonds. The Bertz CT molecular complexity index is 1860. The number of rotatable bonds is 3. The van der Waals surface area contributed by atoms with Gasteiger partial charge in [0.25, 0.3) is 0 Å². The smallest absolute Gasteiger partial charge is 0.0502 e. The lowest BCUT2D eigenvalue weighted by atomic mass is 9.73. The highest BCUT2D eigenvalue weighted by Gasteiger charge is 2.38. The predicted octanol–water partition coefficient (Wildman–Crippen LogP) is 7.64. The summed E-state index contributed by atoms with van der Waals surface area (Å²) in [6.45, 7) is 4.70. The molecule has 2 aliphatic heterocycles. The Labute approximate surface area is 253 Å². The molecule has 6 aromatic carbocycles. The van der Waals surface area contributed by atoms with Gasteiger partial charge in [-0.2, -0.15) is 20.7 Å². The number of fused-ring (bicyclic) bond motifs is 4. The number of nitrogens with zero attached hydrogens (tertiary/aromatic N) is 1. The summed E-state index contributed by atoms with van der Waals surface area (Å²) >= 11 is 1.92. The number of para-hydroxylation sites is 2. The van der Waals surface area contributed by atoms with Gasteiger partial charge in [0.15, 0.2) is 0 Å². The van der Waals surface area contributed by atoms with Crippen LogP contribution in [0.4, 0.5) is 17.1 Å². The van der Waals surface area contributed by atoms with Crippen LogP contribution in [0.5, 0.6) is 0 Å². The van der Waals surface area contributed by atoms with Gasteiger partial charge in [0.05, 0.1) is 11.4 Å². The molecule has 0 aliphatic carbocycles. The van der Waals surface area contributed by atoms with E-state index in [9.17, 15) is 0 Å². The van der Waals surface area contributed by atoms with Gasteiger partial charge in [-0.3, -0.25) is 0 Å². The topological polar surface area (TPSA) is 3.24 Å². The van der Waals surface area contributed by atoms with Crippen LogP contribution in [0.2, 0.25) is 0 Å². The van der Waals surface area contributed by atoms with E-state index in [2.05, 4.69) is 170 Å². The van der Waals surface area contributed by atoms with Gasteiger partial charge in [-0.15, -0.1) is 0 Å². The van der Waals surface area contributed by atoms with Gasteiger partial charge in [-0.25, -0.2) is 0 Å². The van der Waals surface area contributed by atoms with Crippen molar-refractivity contribution in [1.82, 2.24) is 0 Å². The van der Waals surface area contributed by atoms with Crippen molar-refractivity contribution in [3.8, 4) is 0 Å². The van der Waals surface area contributed by atoms with E-state index in [1.54, 1.807) is 0 Å². The summed E-state index contributed by atoms with van der Waals surface area (Å²) in [6, 6.07) is 56.7. The molecule has 2 aliphatic rings. The lowest BCUT2D eigenvalue weighted by molar-refractivity contribution is 0.632. The molecule has 0 atom stereocenters. The maximum atomic E-state index is 2.48. The van der Waals surface area contributed by atoms with E-state index in [1.807, 2.05) is 11.8 Å². The number of hydrogen-bond donors (Lipinski definition) is 0. The SMILES string of the molecule is CC1(C)c2ccccc2N(c2ccc3c(c2)Sc2ccccc2[Si-]3(c2ccccc2)c2ccccc2)c2ccccc21. The third-order valence-corrected chi connectivity index (χ3v) is 15.6. The third kappa shape index (κ3) is 3.57. The molecule has 6 aromatic rings. The molecule has 0 N–H and O–H groups in total. The summed E-state index contributed by atoms with van der Waals surface area (Å²) in [4.78, 5) is 5.19. The molecular formula is C39H31NSSi-. The van der Waals surface area contributed by atoms with Crippen molar-refractivity contribution in [2.24, 2.45) is 0 Å². The van der Waals surface area contributed by atoms with Gasteiger partial charge in [-0.05, 0) is 53.3 Å². The van der Waals surface area contributed by atoms with E-state index in [0.717, 1.165) is 0 Å². The lowest BCUT2D eigenvalue weighted by Crippen LogP contribution is -2.76. The molecule has 1 nitrogen and oxygen atoms in total. The summed E-state index contributed by atoms with van der Waals surface area (Å²) in [7, 11) is -2.55. The lowest BCUT2D eigenvalue weighted by Gasteiger charge is -2.51. The van der Waals surface area contributed by atoms with Crippen LogP contribution < -0.4 is 25.6 Å². The van der Waals surface area contributed by atoms with Crippen molar-refractivity contribution in [3.05, 3.63) is 163 Å². The Morgan fingerprint density at radius 1 is 0.500 bits per heavy atom. The summed E-state index contributed by atoms with van der Waals surface area (Å²) in [5.74, 6) is 0. The molecule has 0 saturated heterocycles. The van der Waals surface area contributed by atoms with Crippen LogP contribution in [0, 0.1) is 0 Å². The molecule has 2 heterocycles. The fraction of sp³-hybridized carbons (Fsp3) is 0.0769. The molecule has 0 fully saturated rings. The maximum absolute atomic E-state index is 2.55. The van der Waals surface area contributed by atoms with E-state index in [4.69, 9.17) is 0 Å². The van der Waals surface area contributed by atoms with Crippen LogP contribution in [0.15, 0.2) is 161 Å². The Morgan fingerprint density at radius 2 is 1.00 bits per heavy atom.